The molecule has 0 atom stereocenters. The predicted octanol–water partition coefficient (Wildman–Crippen LogP) is 5.73. The van der Waals surface area contributed by atoms with Crippen LogP contribution in [0.5, 0.6) is 5.75 Å². The maximum Gasteiger partial charge on any atom is 0.407 e. The van der Waals surface area contributed by atoms with Gasteiger partial charge in [0.1, 0.15) is 23.5 Å². The van der Waals surface area contributed by atoms with Crippen LogP contribution in [0.1, 0.15) is 37.6 Å². The average molecular weight is 489 g/mol. The third-order valence-corrected chi connectivity index (χ3v) is 5.25. The molecule has 0 aliphatic carbocycles. The number of furan rings is 1. The molecule has 0 spiro atoms. The molecule has 4 aromatic rings. The summed E-state index contributed by atoms with van der Waals surface area (Å²) in [5, 5.41) is 12.8. The molecule has 8 heteroatoms. The number of hydrogen-bond donors (Lipinski definition) is 2. The fraction of sp³-hybridized carbons (Fsp3) is 0.250. The topological polar surface area (TPSA) is 111 Å². The summed E-state index contributed by atoms with van der Waals surface area (Å²) in [6.07, 6.45) is 2.49. The van der Waals surface area contributed by atoms with Gasteiger partial charge in [-0.3, -0.25) is 9.78 Å². The predicted molar refractivity (Wildman–Crippen MR) is 135 cm³/mol. The maximum atomic E-state index is 12.0. The summed E-state index contributed by atoms with van der Waals surface area (Å²) in [5.41, 5.74) is 4.16. The summed E-state index contributed by atoms with van der Waals surface area (Å²) < 4.78 is 17.0. The maximum absolute atomic E-state index is 12.0. The van der Waals surface area contributed by atoms with Gasteiger partial charge < -0.3 is 24.3 Å². The van der Waals surface area contributed by atoms with Gasteiger partial charge >= 0.3 is 12.1 Å². The SMILES string of the molecule is CC(C)(C)OC(=O)NCc1cccc(-c2cc(COc3cccnc3CC(=O)O)cc3ccoc23)c1. The number of fused-ring (bicyclic) bond motifs is 1. The van der Waals surface area contributed by atoms with E-state index in [0.717, 1.165) is 33.2 Å². The first-order chi connectivity index (χ1) is 17.2. The molecule has 0 unspecified atom stereocenters. The molecule has 0 bridgehead atoms. The van der Waals surface area contributed by atoms with Crippen LogP contribution in [0.2, 0.25) is 0 Å². The second-order valence-corrected chi connectivity index (χ2v) is 9.35. The van der Waals surface area contributed by atoms with Gasteiger partial charge in [0.05, 0.1) is 18.4 Å². The molecule has 0 aliphatic heterocycles. The third-order valence-electron chi connectivity index (χ3n) is 5.25. The van der Waals surface area contributed by atoms with E-state index in [2.05, 4.69) is 10.3 Å². The van der Waals surface area contributed by atoms with Crippen LogP contribution >= 0.6 is 0 Å². The fourth-order valence-electron chi connectivity index (χ4n) is 3.77. The first kappa shape index (κ1) is 24.8. The Labute approximate surface area is 208 Å². The molecule has 2 aromatic heterocycles. The Morgan fingerprint density at radius 1 is 1.06 bits per heavy atom. The molecule has 0 radical (unpaired) electrons. The van der Waals surface area contributed by atoms with Crippen LogP contribution in [0.15, 0.2) is 71.5 Å². The largest absolute Gasteiger partial charge is 0.487 e. The number of carboxylic acid groups (broad SMARTS) is 1. The molecule has 0 saturated heterocycles. The van der Waals surface area contributed by atoms with Gasteiger partial charge in [-0.25, -0.2) is 4.79 Å². The van der Waals surface area contributed by atoms with E-state index in [1.807, 2.05) is 63.2 Å². The number of ether oxygens (including phenoxy) is 2. The number of nitrogens with one attached hydrogen (secondary N) is 1. The second kappa shape index (κ2) is 10.5. The van der Waals surface area contributed by atoms with Crippen molar-refractivity contribution < 1.29 is 28.6 Å². The van der Waals surface area contributed by atoms with Gasteiger partial charge in [-0.05, 0) is 73.9 Å². The van der Waals surface area contributed by atoms with Crippen molar-refractivity contribution in [1.29, 1.82) is 0 Å². The zero-order valence-corrected chi connectivity index (χ0v) is 20.4. The van der Waals surface area contributed by atoms with Crippen LogP contribution in [-0.2, 0) is 29.1 Å². The summed E-state index contributed by atoms with van der Waals surface area (Å²) >= 11 is 0. The smallest absolute Gasteiger partial charge is 0.407 e. The molecule has 4 rings (SSSR count). The summed E-state index contributed by atoms with van der Waals surface area (Å²) in [6.45, 7) is 6.01. The van der Waals surface area contributed by atoms with Crippen molar-refractivity contribution in [3.8, 4) is 16.9 Å². The van der Waals surface area contributed by atoms with Crippen LogP contribution in [0.3, 0.4) is 0 Å². The number of hydrogen-bond acceptors (Lipinski definition) is 6. The van der Waals surface area contributed by atoms with Crippen molar-refractivity contribution in [3.63, 3.8) is 0 Å². The Morgan fingerprint density at radius 2 is 1.89 bits per heavy atom. The molecule has 1 amide bonds. The van der Waals surface area contributed by atoms with E-state index >= 15 is 0 Å². The van der Waals surface area contributed by atoms with E-state index in [4.69, 9.17) is 19.0 Å². The Kier molecular flexibility index (Phi) is 7.24. The van der Waals surface area contributed by atoms with E-state index in [1.54, 1.807) is 24.6 Å². The van der Waals surface area contributed by atoms with Crippen molar-refractivity contribution in [1.82, 2.24) is 10.3 Å². The van der Waals surface area contributed by atoms with Crippen LogP contribution in [0.4, 0.5) is 4.79 Å². The molecular weight excluding hydrogens is 460 g/mol. The van der Waals surface area contributed by atoms with Gasteiger partial charge in [0, 0.05) is 23.7 Å². The van der Waals surface area contributed by atoms with Crippen LogP contribution < -0.4 is 10.1 Å². The van der Waals surface area contributed by atoms with Crippen molar-refractivity contribution in [2.75, 3.05) is 0 Å². The molecule has 186 valence electrons. The van der Waals surface area contributed by atoms with Crippen LogP contribution in [-0.4, -0.2) is 27.8 Å². The zero-order chi connectivity index (χ0) is 25.7. The van der Waals surface area contributed by atoms with E-state index < -0.39 is 17.7 Å². The number of alkyl carbamates (subject to hydrolysis) is 1. The number of carbonyl (C=O) groups is 2. The Balaban J connectivity index is 1.56. The number of amides is 1. The normalized spacial score (nSPS) is 11.3. The lowest BCUT2D eigenvalue weighted by Crippen LogP contribution is -2.32. The minimum Gasteiger partial charge on any atom is -0.487 e. The number of nitrogens with zero attached hydrogens (tertiary/aromatic N) is 1. The van der Waals surface area contributed by atoms with E-state index in [-0.39, 0.29) is 13.0 Å². The number of pyridine rings is 1. The van der Waals surface area contributed by atoms with Gasteiger partial charge in [-0.15, -0.1) is 0 Å². The number of rotatable bonds is 8. The number of benzene rings is 2. The highest BCUT2D eigenvalue weighted by molar-refractivity contribution is 5.93. The molecule has 0 aliphatic rings. The van der Waals surface area contributed by atoms with E-state index in [0.29, 0.717) is 18.0 Å². The summed E-state index contributed by atoms with van der Waals surface area (Å²) in [4.78, 5) is 27.3. The standard InChI is InChI=1S/C28H28N2O6/c1-28(2,3)36-27(33)30-16-18-6-4-7-20(12-18)22-14-19(13-21-9-11-34-26(21)22)17-35-24-8-5-10-29-23(24)15-25(31)32/h4-14H,15-17H2,1-3H3,(H,30,33)(H,31,32). The lowest BCUT2D eigenvalue weighted by Gasteiger charge is -2.19. The van der Waals surface area contributed by atoms with Crippen molar-refractivity contribution in [2.45, 2.75) is 45.9 Å². The number of carboxylic acids is 1. The van der Waals surface area contributed by atoms with Crippen molar-refractivity contribution in [3.05, 3.63) is 83.9 Å². The molecule has 2 aromatic carbocycles. The number of aromatic nitrogens is 1. The highest BCUT2D eigenvalue weighted by atomic mass is 16.6. The zero-order valence-electron chi connectivity index (χ0n) is 20.4. The highest BCUT2D eigenvalue weighted by Crippen LogP contribution is 2.32. The van der Waals surface area contributed by atoms with Crippen LogP contribution in [0.25, 0.3) is 22.1 Å². The molecular formula is C28H28N2O6. The molecule has 2 heterocycles. The van der Waals surface area contributed by atoms with E-state index in [1.165, 1.54) is 0 Å². The Bertz CT molecular complexity index is 1390. The first-order valence-corrected chi connectivity index (χ1v) is 11.5. The minimum absolute atomic E-state index is 0.216. The van der Waals surface area contributed by atoms with Gasteiger partial charge in [-0.2, -0.15) is 0 Å². The first-order valence-electron chi connectivity index (χ1n) is 11.5. The van der Waals surface area contributed by atoms with Gasteiger partial charge in [0.2, 0.25) is 0 Å². The van der Waals surface area contributed by atoms with Gasteiger partial charge in [-0.1, -0.05) is 18.2 Å². The second-order valence-electron chi connectivity index (χ2n) is 9.35. The van der Waals surface area contributed by atoms with E-state index in [9.17, 15) is 9.59 Å². The van der Waals surface area contributed by atoms with Crippen LogP contribution in [0, 0.1) is 0 Å². The number of aliphatic carboxylic acids is 1. The Hall–Kier alpha value is -4.33. The fourth-order valence-corrected chi connectivity index (χ4v) is 3.77. The molecule has 36 heavy (non-hydrogen) atoms. The third kappa shape index (κ3) is 6.41. The summed E-state index contributed by atoms with van der Waals surface area (Å²) in [6, 6.07) is 17.1. The van der Waals surface area contributed by atoms with Crippen molar-refractivity contribution >= 4 is 23.0 Å². The minimum atomic E-state index is -0.971. The highest BCUT2D eigenvalue weighted by Gasteiger charge is 2.16. The Morgan fingerprint density at radius 3 is 2.67 bits per heavy atom. The molecule has 0 saturated carbocycles. The quantitative estimate of drug-likeness (QED) is 0.326. The monoisotopic (exact) mass is 488 g/mol. The average Bonchev–Trinajstić information content (AvgIpc) is 3.29. The summed E-state index contributed by atoms with van der Waals surface area (Å²) in [7, 11) is 0. The molecule has 8 nitrogen and oxygen atoms in total. The lowest BCUT2D eigenvalue weighted by atomic mass is 9.99. The molecule has 0 fully saturated rings. The van der Waals surface area contributed by atoms with Crippen molar-refractivity contribution in [2.24, 2.45) is 0 Å². The van der Waals surface area contributed by atoms with Gasteiger partial charge in [0.15, 0.2) is 0 Å². The molecule has 2 N–H and O–H groups in total. The number of carbonyl (C=O) groups excluding carboxylic acids is 1. The summed E-state index contributed by atoms with van der Waals surface area (Å²) in [5.74, 6) is -0.536. The lowest BCUT2D eigenvalue weighted by molar-refractivity contribution is -0.136. The van der Waals surface area contributed by atoms with Gasteiger partial charge in [0.25, 0.3) is 0 Å².